The summed E-state index contributed by atoms with van der Waals surface area (Å²) in [6.07, 6.45) is 0. The van der Waals surface area contributed by atoms with Crippen LogP contribution in [0.3, 0.4) is 0 Å². The molecule has 3 heterocycles. The van der Waals surface area contributed by atoms with Gasteiger partial charge in [-0.3, -0.25) is 0 Å². The van der Waals surface area contributed by atoms with Gasteiger partial charge in [0, 0.05) is 37.9 Å². The molecular formula is C50H29N5. The Morgan fingerprint density at radius 2 is 0.782 bits per heavy atom. The second-order valence-corrected chi connectivity index (χ2v) is 13.9. The van der Waals surface area contributed by atoms with Crippen LogP contribution in [-0.4, -0.2) is 13.7 Å². The van der Waals surface area contributed by atoms with Crippen molar-refractivity contribution in [3.63, 3.8) is 0 Å². The van der Waals surface area contributed by atoms with E-state index in [-0.39, 0.29) is 0 Å². The van der Waals surface area contributed by atoms with Crippen molar-refractivity contribution in [3.8, 4) is 40.3 Å². The normalized spacial score (nSPS) is 11.6. The average Bonchev–Trinajstić information content (AvgIpc) is 3.89. The van der Waals surface area contributed by atoms with E-state index in [9.17, 15) is 10.5 Å². The minimum atomic E-state index is 0.530. The summed E-state index contributed by atoms with van der Waals surface area (Å²) in [5.41, 5.74) is 12.2. The minimum absolute atomic E-state index is 0.530. The topological polar surface area (TPSA) is 62.4 Å². The Bertz CT molecular complexity index is 3420. The molecule has 0 bridgehead atoms. The predicted octanol–water partition coefficient (Wildman–Crippen LogP) is 12.4. The van der Waals surface area contributed by atoms with Crippen molar-refractivity contribution in [1.82, 2.24) is 13.7 Å². The molecule has 8 aromatic carbocycles. The molecule has 0 amide bonds. The Morgan fingerprint density at radius 1 is 0.327 bits per heavy atom. The van der Waals surface area contributed by atoms with Gasteiger partial charge in [0.2, 0.25) is 0 Å². The highest BCUT2D eigenvalue weighted by Crippen LogP contribution is 2.42. The van der Waals surface area contributed by atoms with E-state index in [1.54, 1.807) is 0 Å². The van der Waals surface area contributed by atoms with Crippen molar-refractivity contribution >= 4 is 65.4 Å². The van der Waals surface area contributed by atoms with Gasteiger partial charge in [-0.1, -0.05) is 121 Å². The molecule has 0 aliphatic heterocycles. The fourth-order valence-corrected chi connectivity index (χ4v) is 8.86. The van der Waals surface area contributed by atoms with Crippen LogP contribution in [-0.2, 0) is 0 Å². The molecule has 0 saturated heterocycles. The Morgan fingerprint density at radius 3 is 1.40 bits per heavy atom. The number of hydrogen-bond donors (Lipinski definition) is 0. The van der Waals surface area contributed by atoms with Gasteiger partial charge in [0.1, 0.15) is 12.1 Å². The van der Waals surface area contributed by atoms with E-state index in [0.717, 1.165) is 72.1 Å². The Kier molecular flexibility index (Phi) is 6.61. The number of rotatable bonds is 4. The summed E-state index contributed by atoms with van der Waals surface area (Å²) in [6.45, 7) is 0. The van der Waals surface area contributed by atoms with E-state index in [0.29, 0.717) is 11.1 Å². The summed E-state index contributed by atoms with van der Waals surface area (Å²) in [5, 5.41) is 27.6. The molecule has 5 nitrogen and oxygen atoms in total. The Balaban J connectivity index is 1.22. The lowest BCUT2D eigenvalue weighted by Crippen LogP contribution is -2.03. The van der Waals surface area contributed by atoms with Crippen LogP contribution in [0.5, 0.6) is 0 Å². The molecule has 55 heavy (non-hydrogen) atoms. The molecular weight excluding hydrogens is 671 g/mol. The van der Waals surface area contributed by atoms with Crippen molar-refractivity contribution < 1.29 is 0 Å². The number of nitriles is 2. The van der Waals surface area contributed by atoms with Crippen molar-refractivity contribution in [2.75, 3.05) is 0 Å². The lowest BCUT2D eigenvalue weighted by Gasteiger charge is -2.18. The van der Waals surface area contributed by atoms with Gasteiger partial charge in [0.15, 0.2) is 0 Å². The first-order valence-corrected chi connectivity index (χ1v) is 18.3. The molecule has 0 N–H and O–H groups in total. The van der Waals surface area contributed by atoms with Gasteiger partial charge in [-0.05, 0) is 60.2 Å². The molecule has 0 aliphatic rings. The fourth-order valence-electron chi connectivity index (χ4n) is 8.86. The first kappa shape index (κ1) is 30.7. The average molecular weight is 700 g/mol. The molecule has 5 heteroatoms. The van der Waals surface area contributed by atoms with Crippen LogP contribution in [0.2, 0.25) is 0 Å². The monoisotopic (exact) mass is 699 g/mol. The SMILES string of the molecule is N#Cc1ccc(-c2ccccc2-n2c3ccccc3c3cccc(-n4c5ccccc5c5ccccc54)c32)cc1-n1c2ccccc2c2cccc(C#N)c21. The number of nitrogens with zero attached hydrogens (tertiary/aromatic N) is 5. The van der Waals surface area contributed by atoms with Crippen LogP contribution in [0.25, 0.3) is 93.6 Å². The molecule has 11 aromatic rings. The molecule has 0 unspecified atom stereocenters. The summed E-state index contributed by atoms with van der Waals surface area (Å²) < 4.78 is 6.90. The van der Waals surface area contributed by atoms with Crippen LogP contribution in [0.15, 0.2) is 176 Å². The maximum absolute atomic E-state index is 10.5. The van der Waals surface area contributed by atoms with Crippen LogP contribution in [0, 0.1) is 22.7 Å². The quantitative estimate of drug-likeness (QED) is 0.184. The van der Waals surface area contributed by atoms with E-state index in [1.807, 2.05) is 36.4 Å². The molecule has 0 atom stereocenters. The lowest BCUT2D eigenvalue weighted by atomic mass is 10.00. The summed E-state index contributed by atoms with van der Waals surface area (Å²) in [6, 6.07) is 66.0. The second-order valence-electron chi connectivity index (χ2n) is 13.9. The number of para-hydroxylation sites is 7. The number of fused-ring (bicyclic) bond motifs is 9. The molecule has 0 saturated carbocycles. The van der Waals surface area contributed by atoms with E-state index in [1.165, 1.54) is 21.5 Å². The van der Waals surface area contributed by atoms with Crippen LogP contribution >= 0.6 is 0 Å². The maximum atomic E-state index is 10.5. The third kappa shape index (κ3) is 4.33. The maximum Gasteiger partial charge on any atom is 0.101 e. The Hall–Kier alpha value is -7.86. The van der Waals surface area contributed by atoms with Gasteiger partial charge in [0.25, 0.3) is 0 Å². The van der Waals surface area contributed by atoms with Crippen LogP contribution < -0.4 is 0 Å². The first-order valence-electron chi connectivity index (χ1n) is 18.3. The van der Waals surface area contributed by atoms with E-state index in [4.69, 9.17) is 0 Å². The molecule has 0 aliphatic carbocycles. The van der Waals surface area contributed by atoms with Gasteiger partial charge >= 0.3 is 0 Å². The van der Waals surface area contributed by atoms with Crippen molar-refractivity contribution in [2.45, 2.75) is 0 Å². The van der Waals surface area contributed by atoms with E-state index < -0.39 is 0 Å². The summed E-state index contributed by atoms with van der Waals surface area (Å²) in [4.78, 5) is 0. The fraction of sp³-hybridized carbons (Fsp3) is 0. The highest BCUT2D eigenvalue weighted by molar-refractivity contribution is 6.15. The zero-order valence-electron chi connectivity index (χ0n) is 29.5. The zero-order chi connectivity index (χ0) is 36.6. The van der Waals surface area contributed by atoms with Gasteiger partial charge in [-0.15, -0.1) is 0 Å². The zero-order valence-corrected chi connectivity index (χ0v) is 29.5. The van der Waals surface area contributed by atoms with E-state index in [2.05, 4.69) is 165 Å². The molecule has 0 spiro atoms. The smallest absolute Gasteiger partial charge is 0.101 e. The highest BCUT2D eigenvalue weighted by atomic mass is 15.1. The second kappa shape index (κ2) is 11.8. The Labute approximate surface area is 316 Å². The molecule has 0 fully saturated rings. The van der Waals surface area contributed by atoms with Gasteiger partial charge in [0.05, 0.1) is 61.3 Å². The summed E-state index contributed by atoms with van der Waals surface area (Å²) >= 11 is 0. The first-order chi connectivity index (χ1) is 27.2. The molecule has 11 rings (SSSR count). The van der Waals surface area contributed by atoms with Gasteiger partial charge in [-0.25, -0.2) is 0 Å². The molecule has 254 valence electrons. The summed E-state index contributed by atoms with van der Waals surface area (Å²) in [5.74, 6) is 0. The standard InChI is InChI=1S/C50H29N5/c51-30-33-28-27-32(29-48(33)55-46-25-10-4-17-38(46)40-19-11-13-34(31-52)49(40)55)35-14-1-6-21-42(35)54-45-24-9-5-18-39(45)41-20-12-26-47(50(41)54)53-43-22-7-2-15-36(43)37-16-3-8-23-44(37)53/h1-29H. The van der Waals surface area contributed by atoms with Crippen molar-refractivity contribution in [3.05, 3.63) is 187 Å². The number of aromatic nitrogens is 3. The van der Waals surface area contributed by atoms with Gasteiger partial charge < -0.3 is 13.7 Å². The molecule has 0 radical (unpaired) electrons. The van der Waals surface area contributed by atoms with Crippen molar-refractivity contribution in [2.24, 2.45) is 0 Å². The largest absolute Gasteiger partial charge is 0.307 e. The van der Waals surface area contributed by atoms with Crippen LogP contribution in [0.4, 0.5) is 0 Å². The molecule has 3 aromatic heterocycles. The van der Waals surface area contributed by atoms with Crippen molar-refractivity contribution in [1.29, 1.82) is 10.5 Å². The minimum Gasteiger partial charge on any atom is -0.307 e. The van der Waals surface area contributed by atoms with Crippen LogP contribution in [0.1, 0.15) is 11.1 Å². The van der Waals surface area contributed by atoms with E-state index >= 15 is 0 Å². The lowest BCUT2D eigenvalue weighted by molar-refractivity contribution is 1.13. The summed E-state index contributed by atoms with van der Waals surface area (Å²) in [7, 11) is 0. The highest BCUT2D eigenvalue weighted by Gasteiger charge is 2.23. The third-order valence-corrected chi connectivity index (χ3v) is 11.1. The van der Waals surface area contributed by atoms with Gasteiger partial charge in [-0.2, -0.15) is 10.5 Å². The number of benzene rings is 8. The predicted molar refractivity (Wildman–Crippen MR) is 224 cm³/mol. The third-order valence-electron chi connectivity index (χ3n) is 11.1. The number of hydrogen-bond acceptors (Lipinski definition) is 2.